The summed E-state index contributed by atoms with van der Waals surface area (Å²) < 4.78 is 33.5. The summed E-state index contributed by atoms with van der Waals surface area (Å²) >= 11 is 0. The molecule has 58 heavy (non-hydrogen) atoms. The smallest absolute Gasteiger partial charge is 0.417 e. The van der Waals surface area contributed by atoms with Gasteiger partial charge in [-0.15, -0.1) is 0 Å². The minimum absolute atomic E-state index is 0.0105. The Labute approximate surface area is 331 Å². The summed E-state index contributed by atoms with van der Waals surface area (Å²) in [6.45, 7) is 4.83. The molecule has 16 heteroatoms. The van der Waals surface area contributed by atoms with Crippen molar-refractivity contribution in [3.63, 3.8) is 0 Å². The Bertz CT molecular complexity index is 2760. The van der Waals surface area contributed by atoms with Crippen molar-refractivity contribution in [1.82, 2.24) is 24.4 Å². The van der Waals surface area contributed by atoms with Crippen molar-refractivity contribution in [2.45, 2.75) is 39.2 Å². The molecule has 0 saturated carbocycles. The number of halogens is 1. The first-order chi connectivity index (χ1) is 27.8. The number of hydrogen-bond acceptors (Lipinski definition) is 12. The molecule has 15 nitrogen and oxygen atoms in total. The summed E-state index contributed by atoms with van der Waals surface area (Å²) in [5.74, 6) is -1.97. The topological polar surface area (TPSA) is 176 Å². The minimum atomic E-state index is -1.22. The van der Waals surface area contributed by atoms with Crippen LogP contribution in [-0.4, -0.2) is 88.5 Å². The Morgan fingerprint density at radius 3 is 2.60 bits per heavy atom. The lowest BCUT2D eigenvalue weighted by molar-refractivity contribution is -0.161. The normalized spacial score (nSPS) is 17.0. The van der Waals surface area contributed by atoms with Crippen LogP contribution in [0.2, 0.25) is 0 Å². The zero-order valence-electron chi connectivity index (χ0n) is 32.4. The third-order valence-electron chi connectivity index (χ3n) is 10.9. The Kier molecular flexibility index (Phi) is 9.77. The molecule has 4 aromatic heterocycles. The summed E-state index contributed by atoms with van der Waals surface area (Å²) in [5.41, 5.74) is 2.49. The van der Waals surface area contributed by atoms with Gasteiger partial charge in [-0.1, -0.05) is 30.3 Å². The van der Waals surface area contributed by atoms with Crippen LogP contribution in [0.4, 0.5) is 20.6 Å². The van der Waals surface area contributed by atoms with Gasteiger partial charge in [-0.05, 0) is 31.0 Å². The molecule has 296 valence electrons. The van der Waals surface area contributed by atoms with Gasteiger partial charge in [0.2, 0.25) is 11.7 Å². The molecule has 1 amide bonds. The maximum absolute atomic E-state index is 16.1. The summed E-state index contributed by atoms with van der Waals surface area (Å²) in [5, 5.41) is 11.3. The summed E-state index contributed by atoms with van der Waals surface area (Å²) in [4.78, 5) is 70.4. The van der Waals surface area contributed by atoms with Gasteiger partial charge in [0.25, 0.3) is 0 Å². The number of aryl methyl sites for hydroxylation is 1. The van der Waals surface area contributed by atoms with Crippen molar-refractivity contribution in [2.75, 3.05) is 43.5 Å². The van der Waals surface area contributed by atoms with E-state index in [2.05, 4.69) is 26.8 Å². The molecule has 1 unspecified atom stereocenters. The second-order valence-corrected chi connectivity index (χ2v) is 14.8. The number of likely N-dealkylation sites (N-methyl/N-ethyl adjacent to an activating group) is 1. The highest BCUT2D eigenvalue weighted by atomic mass is 19.1. The van der Waals surface area contributed by atoms with Crippen molar-refractivity contribution in [3.05, 3.63) is 93.8 Å². The average molecular weight is 787 g/mol. The van der Waals surface area contributed by atoms with E-state index in [9.17, 15) is 24.4 Å². The summed E-state index contributed by atoms with van der Waals surface area (Å²) in [6.07, 6.45) is 3.40. The monoisotopic (exact) mass is 786 g/mol. The van der Waals surface area contributed by atoms with Gasteiger partial charge < -0.3 is 33.6 Å². The third-order valence-corrected chi connectivity index (χ3v) is 10.9. The molecule has 2 aliphatic rings. The van der Waals surface area contributed by atoms with E-state index in [1.54, 1.807) is 30.1 Å². The van der Waals surface area contributed by atoms with Gasteiger partial charge >= 0.3 is 18.0 Å². The number of benzene rings is 2. The van der Waals surface area contributed by atoms with Gasteiger partial charge in [-0.25, -0.2) is 23.9 Å². The number of nitriles is 1. The maximum Gasteiger partial charge on any atom is 0.417 e. The van der Waals surface area contributed by atoms with Crippen molar-refractivity contribution < 1.29 is 33.0 Å². The van der Waals surface area contributed by atoms with Crippen molar-refractivity contribution in [2.24, 2.45) is 13.0 Å². The van der Waals surface area contributed by atoms with E-state index in [0.29, 0.717) is 46.0 Å². The predicted molar refractivity (Wildman–Crippen MR) is 213 cm³/mol. The van der Waals surface area contributed by atoms with Crippen LogP contribution in [0.5, 0.6) is 0 Å². The number of likely N-dealkylation sites (tertiary alicyclic amines) is 1. The highest BCUT2D eigenvalue weighted by molar-refractivity contribution is 6.21. The molecule has 8 rings (SSSR count). The zero-order chi connectivity index (χ0) is 41.0. The number of ether oxygens (including phenoxy) is 3. The molecule has 2 aliphatic heterocycles. The van der Waals surface area contributed by atoms with E-state index in [0.717, 1.165) is 36.0 Å². The Balaban J connectivity index is 1.31. The van der Waals surface area contributed by atoms with Crippen molar-refractivity contribution >= 4 is 62.4 Å². The lowest BCUT2D eigenvalue weighted by Crippen LogP contribution is -2.35. The number of amides is 1. The number of carbonyl (C=O) groups excluding carboxylic acids is 3. The number of aromatic nitrogens is 4. The molecule has 2 saturated heterocycles. The highest BCUT2D eigenvalue weighted by Crippen LogP contribution is 2.47. The molecule has 0 aliphatic carbocycles. The van der Waals surface area contributed by atoms with E-state index < -0.39 is 35.6 Å². The molecule has 2 fully saturated rings. The van der Waals surface area contributed by atoms with Gasteiger partial charge in [0, 0.05) is 94.8 Å². The number of nitrogens with zero attached hydrogens (tertiary/aromatic N) is 7. The predicted octanol–water partition coefficient (Wildman–Crippen LogP) is 5.62. The van der Waals surface area contributed by atoms with Crippen molar-refractivity contribution in [1.29, 1.82) is 5.26 Å². The minimum Gasteiger partial charge on any atom is -0.457 e. The quantitative estimate of drug-likeness (QED) is 0.149. The third kappa shape index (κ3) is 6.62. The number of anilines is 2. The molecule has 3 atom stereocenters. The number of H-pyrrole nitrogens is 1. The first-order valence-electron chi connectivity index (χ1n) is 18.7. The Morgan fingerprint density at radius 1 is 1.09 bits per heavy atom. The standard InChI is InChI=1S/C42H39FN8O7/c1-22(52)57-23(2)58-42(55)50(5)32-14-31(43)28(15-44)34-35-37(51-12-11-25-18-48(3)20-33(25)51)29(17-45-39(35)47-36(32)34)26-13-27-38(53)30(19-49(4)40(27)46-16-26)41(54)56-21-24-9-7-6-8-10-24/h6-10,13-14,16-17,19,23,25,33H,11-12,18,20-21H2,1-5H3,(H,45,47)/t23?,25-,33+/m0/s1. The number of rotatable bonds is 8. The van der Waals surface area contributed by atoms with E-state index in [1.807, 2.05) is 36.4 Å². The lowest BCUT2D eigenvalue weighted by Gasteiger charge is -2.29. The van der Waals surface area contributed by atoms with Crippen molar-refractivity contribution in [3.8, 4) is 17.2 Å². The second-order valence-electron chi connectivity index (χ2n) is 14.8. The number of hydrogen-bond donors (Lipinski definition) is 1. The SMILES string of the molecule is CC(=O)OC(C)OC(=O)N(C)c1cc(F)c(C#N)c2c1[nH]c1ncc(-c3cnc4c(c3)c(=O)c(C(=O)OCc3ccccc3)cn4C)c(N3CC[C@H]4CN(C)C[C@H]43)c12. The molecule has 0 bridgehead atoms. The molecule has 2 aromatic carbocycles. The molecular weight excluding hydrogens is 748 g/mol. The molecule has 1 N–H and O–H groups in total. The van der Waals surface area contributed by atoms with Crippen LogP contribution in [-0.2, 0) is 32.7 Å². The number of aromatic amines is 1. The fraction of sp³-hybridized carbons (Fsp3) is 0.310. The highest BCUT2D eigenvalue weighted by Gasteiger charge is 2.42. The maximum atomic E-state index is 16.1. The summed E-state index contributed by atoms with van der Waals surface area (Å²) in [6, 6.07) is 14.0. The van der Waals surface area contributed by atoms with Crippen LogP contribution in [0.1, 0.15) is 41.8 Å². The Hall–Kier alpha value is -6.86. The first-order valence-corrected chi connectivity index (χ1v) is 18.7. The molecule has 0 spiro atoms. The summed E-state index contributed by atoms with van der Waals surface area (Å²) in [7, 11) is 5.12. The van der Waals surface area contributed by atoms with Crippen LogP contribution < -0.4 is 15.2 Å². The van der Waals surface area contributed by atoms with Gasteiger partial charge in [0.1, 0.15) is 35.4 Å². The number of nitrogens with one attached hydrogen (secondary N) is 1. The average Bonchev–Trinajstić information content (AvgIpc) is 3.89. The number of fused-ring (bicyclic) bond motifs is 5. The van der Waals surface area contributed by atoms with Crippen LogP contribution >= 0.6 is 0 Å². The van der Waals surface area contributed by atoms with E-state index in [4.69, 9.17) is 19.2 Å². The molecule has 6 aromatic rings. The Morgan fingerprint density at radius 2 is 1.86 bits per heavy atom. The molecular formula is C42H39FN8O7. The zero-order valence-corrected chi connectivity index (χ0v) is 32.4. The van der Waals surface area contributed by atoms with Gasteiger partial charge in [-0.2, -0.15) is 5.26 Å². The number of carbonyl (C=O) groups is 3. The second kappa shape index (κ2) is 14.9. The first kappa shape index (κ1) is 38.0. The number of esters is 2. The van der Waals surface area contributed by atoms with Gasteiger partial charge in [0.05, 0.1) is 33.2 Å². The molecule has 0 radical (unpaired) electrons. The number of pyridine rings is 3. The van der Waals surface area contributed by atoms with Gasteiger partial charge in [-0.3, -0.25) is 14.5 Å². The van der Waals surface area contributed by atoms with E-state index in [-0.39, 0.29) is 45.8 Å². The van der Waals surface area contributed by atoms with Crippen LogP contribution in [0.25, 0.3) is 44.1 Å². The van der Waals surface area contributed by atoms with Gasteiger partial charge in [0.15, 0.2) is 0 Å². The van der Waals surface area contributed by atoms with E-state index >= 15 is 4.39 Å². The lowest BCUT2D eigenvalue weighted by atomic mass is 9.98. The fourth-order valence-corrected chi connectivity index (χ4v) is 8.33. The largest absolute Gasteiger partial charge is 0.457 e. The molecule has 6 heterocycles. The van der Waals surface area contributed by atoms with Crippen LogP contribution in [0, 0.1) is 23.1 Å². The van der Waals surface area contributed by atoms with Crippen LogP contribution in [0.3, 0.4) is 0 Å². The fourth-order valence-electron chi connectivity index (χ4n) is 8.33. The van der Waals surface area contributed by atoms with E-state index in [1.165, 1.54) is 27.1 Å². The van der Waals surface area contributed by atoms with Crippen LogP contribution in [0.15, 0.2) is 65.8 Å².